The van der Waals surface area contributed by atoms with Crippen LogP contribution in [0.25, 0.3) is 0 Å². The number of methoxy groups -OCH3 is 1. The van der Waals surface area contributed by atoms with Crippen LogP contribution in [-0.2, 0) is 14.8 Å². The monoisotopic (exact) mass is 408 g/mol. The van der Waals surface area contributed by atoms with Gasteiger partial charge in [0.05, 0.1) is 24.0 Å². The van der Waals surface area contributed by atoms with Crippen molar-refractivity contribution in [2.45, 2.75) is 13.0 Å². The number of carbonyl (C=O) groups excluding carboxylic acids is 1. The molecule has 0 heterocycles. The number of nitrogens with zero attached hydrogens (tertiary/aromatic N) is 1. The second-order valence-electron chi connectivity index (χ2n) is 5.95. The molecule has 11 heteroatoms. The van der Waals surface area contributed by atoms with E-state index in [0.29, 0.717) is 17.1 Å². The molecule has 1 unspecified atom stereocenters. The number of hydrogen-bond acceptors (Lipinski definition) is 7. The Morgan fingerprint density at radius 1 is 1.18 bits per heavy atom. The first-order valence-electron chi connectivity index (χ1n) is 8.07. The average Bonchev–Trinajstić information content (AvgIpc) is 2.60. The fourth-order valence-electron chi connectivity index (χ4n) is 2.34. The third-order valence-electron chi connectivity index (χ3n) is 3.60. The minimum Gasteiger partial charge on any atom is -0.495 e. The number of nitro benzene ring substituents is 1. The number of nitro groups is 1. The zero-order chi connectivity index (χ0) is 20.9. The van der Waals surface area contributed by atoms with Gasteiger partial charge in [-0.05, 0) is 31.2 Å². The van der Waals surface area contributed by atoms with E-state index in [1.807, 2.05) is 0 Å². The quantitative estimate of drug-likeness (QED) is 0.450. The summed E-state index contributed by atoms with van der Waals surface area (Å²) in [5.41, 5.74) is 0.863. The summed E-state index contributed by atoms with van der Waals surface area (Å²) in [4.78, 5) is 22.6. The smallest absolute Gasteiger partial charge is 0.271 e. The Morgan fingerprint density at radius 3 is 2.50 bits per heavy atom. The molecule has 2 rings (SSSR count). The number of amides is 1. The van der Waals surface area contributed by atoms with Gasteiger partial charge in [-0.15, -0.1) is 0 Å². The van der Waals surface area contributed by atoms with E-state index < -0.39 is 26.9 Å². The molecule has 0 aliphatic carbocycles. The number of non-ortho nitro benzene ring substituents is 1. The van der Waals surface area contributed by atoms with Crippen LogP contribution in [0.4, 0.5) is 22.7 Å². The molecule has 150 valence electrons. The summed E-state index contributed by atoms with van der Waals surface area (Å²) in [6.07, 6.45) is 1.02. The third-order valence-corrected chi connectivity index (χ3v) is 4.19. The number of rotatable bonds is 8. The van der Waals surface area contributed by atoms with E-state index in [9.17, 15) is 23.3 Å². The van der Waals surface area contributed by atoms with Gasteiger partial charge >= 0.3 is 0 Å². The van der Waals surface area contributed by atoms with Crippen LogP contribution in [0.5, 0.6) is 5.75 Å². The van der Waals surface area contributed by atoms with Gasteiger partial charge in [-0.3, -0.25) is 19.6 Å². The Hall–Kier alpha value is -3.34. The summed E-state index contributed by atoms with van der Waals surface area (Å²) < 4.78 is 30.4. The first kappa shape index (κ1) is 21.0. The molecule has 2 aromatic carbocycles. The molecule has 0 aromatic heterocycles. The highest BCUT2D eigenvalue weighted by atomic mass is 32.2. The van der Waals surface area contributed by atoms with Crippen molar-refractivity contribution in [1.29, 1.82) is 0 Å². The van der Waals surface area contributed by atoms with Gasteiger partial charge in [-0.25, -0.2) is 8.42 Å². The number of sulfonamides is 1. The van der Waals surface area contributed by atoms with Gasteiger partial charge in [-0.1, -0.05) is 6.07 Å². The van der Waals surface area contributed by atoms with Crippen LogP contribution in [0.1, 0.15) is 6.92 Å². The van der Waals surface area contributed by atoms with E-state index in [4.69, 9.17) is 4.74 Å². The number of nitrogens with one attached hydrogen (secondary N) is 3. The normalized spacial score (nSPS) is 12.0. The molecule has 2 aromatic rings. The SMILES string of the molecule is COc1ccc(NC(C)C(=O)Nc2cccc([N+](=O)[O-])c2)cc1NS(C)(=O)=O. The number of ether oxygens (including phenoxy) is 1. The third kappa shape index (κ3) is 5.84. The van der Waals surface area contributed by atoms with Crippen molar-refractivity contribution in [2.75, 3.05) is 28.7 Å². The van der Waals surface area contributed by atoms with Crippen LogP contribution >= 0.6 is 0 Å². The Bertz CT molecular complexity index is 993. The molecule has 0 saturated heterocycles. The van der Waals surface area contributed by atoms with Gasteiger partial charge in [-0.2, -0.15) is 0 Å². The minimum atomic E-state index is -3.52. The molecule has 28 heavy (non-hydrogen) atoms. The molecule has 10 nitrogen and oxygen atoms in total. The maximum atomic E-state index is 12.4. The molecule has 0 fully saturated rings. The van der Waals surface area contributed by atoms with Crippen LogP contribution in [0.15, 0.2) is 42.5 Å². The number of hydrogen-bond donors (Lipinski definition) is 3. The van der Waals surface area contributed by atoms with Crippen molar-refractivity contribution in [1.82, 2.24) is 0 Å². The summed E-state index contributed by atoms with van der Waals surface area (Å²) in [5.74, 6) is -0.0985. The standard InChI is InChI=1S/C17H20N4O6S/c1-11(17(22)19-12-5-4-6-14(9-12)21(23)24)18-13-7-8-16(27-2)15(10-13)20-28(3,25)26/h4-11,18,20H,1-3H3,(H,19,22). The predicted molar refractivity (Wildman–Crippen MR) is 106 cm³/mol. The van der Waals surface area contributed by atoms with Gasteiger partial charge in [0.25, 0.3) is 5.69 Å². The van der Waals surface area contributed by atoms with Crippen LogP contribution in [0.2, 0.25) is 0 Å². The van der Waals surface area contributed by atoms with Crippen molar-refractivity contribution in [3.8, 4) is 5.75 Å². The Kier molecular flexibility index (Phi) is 6.41. The summed E-state index contributed by atoms with van der Waals surface area (Å²) in [5, 5.41) is 16.3. The summed E-state index contributed by atoms with van der Waals surface area (Å²) in [6.45, 7) is 1.60. The predicted octanol–water partition coefficient (Wildman–Crippen LogP) is 2.41. The highest BCUT2D eigenvalue weighted by molar-refractivity contribution is 7.92. The van der Waals surface area contributed by atoms with E-state index in [0.717, 1.165) is 6.26 Å². The van der Waals surface area contributed by atoms with Crippen molar-refractivity contribution >= 4 is 38.7 Å². The van der Waals surface area contributed by atoms with E-state index in [2.05, 4.69) is 15.4 Å². The molecule has 0 spiro atoms. The van der Waals surface area contributed by atoms with Gasteiger partial charge in [0.15, 0.2) is 0 Å². The lowest BCUT2D eigenvalue weighted by molar-refractivity contribution is -0.384. The molecule has 1 atom stereocenters. The lowest BCUT2D eigenvalue weighted by atomic mass is 10.2. The maximum Gasteiger partial charge on any atom is 0.271 e. The number of benzene rings is 2. The molecule has 1 amide bonds. The maximum absolute atomic E-state index is 12.4. The molecule has 0 bridgehead atoms. The first-order valence-corrected chi connectivity index (χ1v) is 9.96. The van der Waals surface area contributed by atoms with E-state index in [-0.39, 0.29) is 11.4 Å². The van der Waals surface area contributed by atoms with Crippen LogP contribution in [0.3, 0.4) is 0 Å². The van der Waals surface area contributed by atoms with Gasteiger partial charge in [0, 0.05) is 23.5 Å². The minimum absolute atomic E-state index is 0.134. The Labute approximate surface area is 162 Å². The van der Waals surface area contributed by atoms with Crippen molar-refractivity contribution in [3.63, 3.8) is 0 Å². The van der Waals surface area contributed by atoms with Gasteiger partial charge < -0.3 is 15.4 Å². The second kappa shape index (κ2) is 8.57. The molecular formula is C17H20N4O6S. The molecule has 0 radical (unpaired) electrons. The lowest BCUT2D eigenvalue weighted by Crippen LogP contribution is -2.31. The topological polar surface area (TPSA) is 140 Å². The molecule has 3 N–H and O–H groups in total. The van der Waals surface area contributed by atoms with Crippen LogP contribution < -0.4 is 20.1 Å². The van der Waals surface area contributed by atoms with E-state index in [1.165, 1.54) is 31.4 Å². The number of anilines is 3. The molecule has 0 aliphatic rings. The summed E-state index contributed by atoms with van der Waals surface area (Å²) >= 11 is 0. The van der Waals surface area contributed by atoms with E-state index >= 15 is 0 Å². The first-order chi connectivity index (χ1) is 13.1. The Balaban J connectivity index is 2.12. The zero-order valence-electron chi connectivity index (χ0n) is 15.4. The highest BCUT2D eigenvalue weighted by Gasteiger charge is 2.16. The highest BCUT2D eigenvalue weighted by Crippen LogP contribution is 2.29. The van der Waals surface area contributed by atoms with Crippen molar-refractivity contribution in [3.05, 3.63) is 52.6 Å². The van der Waals surface area contributed by atoms with Crippen molar-refractivity contribution < 1.29 is 22.9 Å². The van der Waals surface area contributed by atoms with E-state index in [1.54, 1.807) is 25.1 Å². The van der Waals surface area contributed by atoms with Gasteiger partial charge in [0.2, 0.25) is 15.9 Å². The Morgan fingerprint density at radius 2 is 1.89 bits per heavy atom. The lowest BCUT2D eigenvalue weighted by Gasteiger charge is -2.17. The van der Waals surface area contributed by atoms with Crippen LogP contribution in [0, 0.1) is 10.1 Å². The van der Waals surface area contributed by atoms with Crippen molar-refractivity contribution in [2.24, 2.45) is 0 Å². The summed E-state index contributed by atoms with van der Waals surface area (Å²) in [6, 6.07) is 9.56. The average molecular weight is 408 g/mol. The largest absolute Gasteiger partial charge is 0.495 e. The second-order valence-corrected chi connectivity index (χ2v) is 7.70. The van der Waals surface area contributed by atoms with Gasteiger partial charge in [0.1, 0.15) is 11.8 Å². The molecule has 0 saturated carbocycles. The van der Waals surface area contributed by atoms with Crippen LogP contribution in [-0.4, -0.2) is 38.7 Å². The number of carbonyl (C=O) groups is 1. The fraction of sp³-hybridized carbons (Fsp3) is 0.235. The molecule has 0 aliphatic heterocycles. The fourth-order valence-corrected chi connectivity index (χ4v) is 2.90. The zero-order valence-corrected chi connectivity index (χ0v) is 16.2. The molecular weight excluding hydrogens is 388 g/mol. The summed E-state index contributed by atoms with van der Waals surface area (Å²) in [7, 11) is -2.11.